The first-order valence-corrected chi connectivity index (χ1v) is 8.33. The molecular weight excluding hydrogens is 294 g/mol. The second kappa shape index (κ2) is 7.88. The Labute approximate surface area is 116 Å². The Kier molecular flexibility index (Phi) is 6.84. The third kappa shape index (κ3) is 5.94. The first kappa shape index (κ1) is 16.5. The van der Waals surface area contributed by atoms with Crippen LogP contribution in [0.2, 0.25) is 0 Å². The van der Waals surface area contributed by atoms with E-state index in [2.05, 4.69) is 12.2 Å². The monoisotopic (exact) mass is 312 g/mol. The molecule has 0 fully saturated rings. The molecule has 1 heterocycles. The van der Waals surface area contributed by atoms with Crippen molar-refractivity contribution in [3.8, 4) is 0 Å². The van der Waals surface area contributed by atoms with Crippen molar-refractivity contribution in [3.05, 3.63) is 17.0 Å². The lowest BCUT2D eigenvalue weighted by atomic mass is 10.3. The molecule has 0 atom stereocenters. The zero-order valence-corrected chi connectivity index (χ0v) is 12.3. The van der Waals surface area contributed by atoms with Crippen LogP contribution in [0.25, 0.3) is 0 Å². The highest BCUT2D eigenvalue weighted by atomic mass is 32.2. The first-order valence-electron chi connectivity index (χ1n) is 6.03. The molecule has 8 heteroatoms. The number of alkyl halides is 2. The Balaban J connectivity index is 2.53. The SMILES string of the molecule is CCCNCCc1ccc(S(=O)(=O)NCC(F)F)s1. The van der Waals surface area contributed by atoms with E-state index < -0.39 is 23.0 Å². The molecule has 0 saturated heterocycles. The third-order valence-corrected chi connectivity index (χ3v) is 5.36. The van der Waals surface area contributed by atoms with Crippen LogP contribution in [0.5, 0.6) is 0 Å². The van der Waals surface area contributed by atoms with Crippen LogP contribution in [0.4, 0.5) is 8.78 Å². The summed E-state index contributed by atoms with van der Waals surface area (Å²) < 4.78 is 49.3. The number of sulfonamides is 1. The lowest BCUT2D eigenvalue weighted by Gasteiger charge is -2.03. The molecule has 110 valence electrons. The van der Waals surface area contributed by atoms with Crippen molar-refractivity contribution in [1.29, 1.82) is 0 Å². The van der Waals surface area contributed by atoms with E-state index in [-0.39, 0.29) is 4.21 Å². The second-order valence-electron chi connectivity index (χ2n) is 3.96. The van der Waals surface area contributed by atoms with Gasteiger partial charge in [0.2, 0.25) is 10.0 Å². The maximum absolute atomic E-state index is 12.0. The van der Waals surface area contributed by atoms with Gasteiger partial charge in [-0.15, -0.1) is 11.3 Å². The van der Waals surface area contributed by atoms with Crippen molar-refractivity contribution >= 4 is 21.4 Å². The average molecular weight is 312 g/mol. The Bertz CT molecular complexity index is 475. The fourth-order valence-electron chi connectivity index (χ4n) is 1.39. The van der Waals surface area contributed by atoms with Gasteiger partial charge in [-0.05, 0) is 38.1 Å². The first-order chi connectivity index (χ1) is 8.95. The molecule has 1 rings (SSSR count). The van der Waals surface area contributed by atoms with E-state index in [1.54, 1.807) is 6.07 Å². The summed E-state index contributed by atoms with van der Waals surface area (Å²) in [6, 6.07) is 3.17. The van der Waals surface area contributed by atoms with Crippen LogP contribution in [0, 0.1) is 0 Å². The number of nitrogens with one attached hydrogen (secondary N) is 2. The minimum atomic E-state index is -3.80. The van der Waals surface area contributed by atoms with Gasteiger partial charge in [-0.1, -0.05) is 6.92 Å². The minimum Gasteiger partial charge on any atom is -0.316 e. The van der Waals surface area contributed by atoms with Crippen LogP contribution in [0.1, 0.15) is 18.2 Å². The Morgan fingerprint density at radius 1 is 1.32 bits per heavy atom. The van der Waals surface area contributed by atoms with Gasteiger partial charge < -0.3 is 5.32 Å². The standard InChI is InChI=1S/C11H18F2N2O2S2/c1-2-6-14-7-5-9-3-4-11(18-9)19(16,17)15-8-10(12)13/h3-4,10,14-15H,2,5-8H2,1H3. The average Bonchev–Trinajstić information content (AvgIpc) is 2.82. The number of hydrogen-bond acceptors (Lipinski definition) is 4. The second-order valence-corrected chi connectivity index (χ2v) is 7.13. The molecule has 0 aromatic carbocycles. The van der Waals surface area contributed by atoms with Gasteiger partial charge in [0.05, 0.1) is 6.54 Å². The summed E-state index contributed by atoms with van der Waals surface area (Å²) in [6.07, 6.45) is -0.913. The van der Waals surface area contributed by atoms with Crippen molar-refractivity contribution in [2.45, 2.75) is 30.4 Å². The molecule has 0 unspecified atom stereocenters. The van der Waals surface area contributed by atoms with Gasteiger partial charge in [0, 0.05) is 4.88 Å². The maximum Gasteiger partial charge on any atom is 0.251 e. The van der Waals surface area contributed by atoms with Crippen LogP contribution in [0.3, 0.4) is 0 Å². The van der Waals surface area contributed by atoms with Crippen molar-refractivity contribution in [3.63, 3.8) is 0 Å². The number of thiophene rings is 1. The zero-order valence-electron chi connectivity index (χ0n) is 10.7. The van der Waals surface area contributed by atoms with Crippen molar-refractivity contribution < 1.29 is 17.2 Å². The van der Waals surface area contributed by atoms with E-state index in [0.29, 0.717) is 0 Å². The molecule has 19 heavy (non-hydrogen) atoms. The Morgan fingerprint density at radius 2 is 2.05 bits per heavy atom. The number of hydrogen-bond donors (Lipinski definition) is 2. The smallest absolute Gasteiger partial charge is 0.251 e. The van der Waals surface area contributed by atoms with E-state index in [0.717, 1.165) is 42.1 Å². The Morgan fingerprint density at radius 3 is 2.68 bits per heavy atom. The summed E-state index contributed by atoms with van der Waals surface area (Å²) in [5.41, 5.74) is 0. The van der Waals surface area contributed by atoms with Crippen LogP contribution in [-0.2, 0) is 16.4 Å². The number of rotatable bonds is 9. The molecule has 0 amide bonds. The van der Waals surface area contributed by atoms with E-state index in [9.17, 15) is 17.2 Å². The largest absolute Gasteiger partial charge is 0.316 e. The molecule has 1 aromatic heterocycles. The summed E-state index contributed by atoms with van der Waals surface area (Å²) >= 11 is 1.11. The van der Waals surface area contributed by atoms with Gasteiger partial charge in [0.1, 0.15) is 4.21 Å². The molecule has 0 bridgehead atoms. The topological polar surface area (TPSA) is 58.2 Å². The zero-order chi connectivity index (χ0) is 14.3. The van der Waals surface area contributed by atoms with Crippen LogP contribution in [0.15, 0.2) is 16.3 Å². The summed E-state index contributed by atoms with van der Waals surface area (Å²) in [6.45, 7) is 2.91. The highest BCUT2D eigenvalue weighted by molar-refractivity contribution is 7.91. The van der Waals surface area contributed by atoms with Gasteiger partial charge >= 0.3 is 0 Å². The molecule has 2 N–H and O–H groups in total. The summed E-state index contributed by atoms with van der Waals surface area (Å²) in [5, 5.41) is 3.21. The van der Waals surface area contributed by atoms with Crippen LogP contribution >= 0.6 is 11.3 Å². The minimum absolute atomic E-state index is 0.0821. The molecule has 0 saturated carbocycles. The highest BCUT2D eigenvalue weighted by Crippen LogP contribution is 2.21. The quantitative estimate of drug-likeness (QED) is 0.684. The predicted molar refractivity (Wildman–Crippen MR) is 72.4 cm³/mol. The van der Waals surface area contributed by atoms with Gasteiger partial charge in [-0.25, -0.2) is 21.9 Å². The van der Waals surface area contributed by atoms with E-state index >= 15 is 0 Å². The molecule has 4 nitrogen and oxygen atoms in total. The Hall–Kier alpha value is -0.570. The van der Waals surface area contributed by atoms with Gasteiger partial charge in [-0.3, -0.25) is 0 Å². The number of halogens is 2. The summed E-state index contributed by atoms with van der Waals surface area (Å²) in [4.78, 5) is 0.918. The fourth-order valence-corrected chi connectivity index (χ4v) is 3.80. The lowest BCUT2D eigenvalue weighted by Crippen LogP contribution is -2.28. The van der Waals surface area contributed by atoms with Gasteiger partial charge in [-0.2, -0.15) is 0 Å². The molecule has 0 aliphatic rings. The lowest BCUT2D eigenvalue weighted by molar-refractivity contribution is 0.153. The third-order valence-electron chi connectivity index (χ3n) is 2.30. The molecular formula is C11H18F2N2O2S2. The van der Waals surface area contributed by atoms with E-state index in [4.69, 9.17) is 0 Å². The van der Waals surface area contributed by atoms with Crippen molar-refractivity contribution in [1.82, 2.24) is 10.0 Å². The fraction of sp³-hybridized carbons (Fsp3) is 0.636. The van der Waals surface area contributed by atoms with Crippen LogP contribution in [-0.4, -0.2) is 34.5 Å². The van der Waals surface area contributed by atoms with Crippen molar-refractivity contribution in [2.24, 2.45) is 0 Å². The highest BCUT2D eigenvalue weighted by Gasteiger charge is 2.18. The van der Waals surface area contributed by atoms with Gasteiger partial charge in [0.25, 0.3) is 6.43 Å². The van der Waals surface area contributed by atoms with E-state index in [1.807, 2.05) is 4.72 Å². The van der Waals surface area contributed by atoms with Crippen molar-refractivity contribution in [2.75, 3.05) is 19.6 Å². The molecule has 0 aliphatic carbocycles. The van der Waals surface area contributed by atoms with E-state index in [1.165, 1.54) is 6.07 Å². The summed E-state index contributed by atoms with van der Waals surface area (Å²) in [5.74, 6) is 0. The predicted octanol–water partition coefficient (Wildman–Crippen LogP) is 1.83. The molecule has 0 aliphatic heterocycles. The normalized spacial score (nSPS) is 12.2. The summed E-state index contributed by atoms with van der Waals surface area (Å²) in [7, 11) is -3.80. The van der Waals surface area contributed by atoms with Gasteiger partial charge in [0.15, 0.2) is 0 Å². The maximum atomic E-state index is 12.0. The molecule has 1 aromatic rings. The molecule has 0 spiro atoms. The van der Waals surface area contributed by atoms with Crippen LogP contribution < -0.4 is 10.0 Å². The molecule has 0 radical (unpaired) electrons.